The van der Waals surface area contributed by atoms with E-state index in [1.165, 1.54) is 19.2 Å². The lowest BCUT2D eigenvalue weighted by Gasteiger charge is -2.13. The first-order valence-corrected chi connectivity index (χ1v) is 4.55. The summed E-state index contributed by atoms with van der Waals surface area (Å²) in [6, 6.07) is 2.84. The number of benzene rings is 1. The largest absolute Gasteiger partial charge is 0.496 e. The average molecular weight is 224 g/mol. The summed E-state index contributed by atoms with van der Waals surface area (Å²) in [6.45, 7) is 1.65. The Hall–Kier alpha value is -1.88. The van der Waals surface area contributed by atoms with Crippen LogP contribution in [0.25, 0.3) is 0 Å². The zero-order valence-corrected chi connectivity index (χ0v) is 8.93. The number of aldehydes is 1. The van der Waals surface area contributed by atoms with Gasteiger partial charge in [-0.2, -0.15) is 0 Å². The third-order valence-corrected chi connectivity index (χ3v) is 2.27. The van der Waals surface area contributed by atoms with E-state index in [2.05, 4.69) is 0 Å². The number of hydrogen-bond donors (Lipinski definition) is 2. The molecule has 0 saturated carbocycles. The normalized spacial score (nSPS) is 11.9. The van der Waals surface area contributed by atoms with Crippen LogP contribution in [-0.4, -0.2) is 29.6 Å². The minimum atomic E-state index is -1.66. The zero-order chi connectivity index (χ0) is 12.3. The number of ether oxygens (including phenoxy) is 1. The van der Waals surface area contributed by atoms with Crippen LogP contribution in [0.15, 0.2) is 12.1 Å². The minimum Gasteiger partial charge on any atom is -0.496 e. The van der Waals surface area contributed by atoms with Crippen molar-refractivity contribution in [1.82, 2.24) is 0 Å². The molecular formula is C11H12O5. The van der Waals surface area contributed by atoms with Crippen LogP contribution in [0.2, 0.25) is 0 Å². The van der Waals surface area contributed by atoms with Crippen molar-refractivity contribution in [2.75, 3.05) is 7.11 Å². The number of carboxylic acid groups (broad SMARTS) is 1. The number of aryl methyl sites for hydroxylation is 1. The molecule has 0 aromatic heterocycles. The second-order valence-electron chi connectivity index (χ2n) is 3.31. The molecule has 0 saturated heterocycles. The van der Waals surface area contributed by atoms with Gasteiger partial charge in [0.25, 0.3) is 0 Å². The molecule has 0 aliphatic carbocycles. The highest BCUT2D eigenvalue weighted by Gasteiger charge is 2.21. The van der Waals surface area contributed by atoms with Crippen molar-refractivity contribution in [2.24, 2.45) is 0 Å². The number of aliphatic hydroxyl groups is 1. The maximum Gasteiger partial charge on any atom is 0.337 e. The molecule has 0 amide bonds. The van der Waals surface area contributed by atoms with Gasteiger partial charge in [-0.3, -0.25) is 4.79 Å². The number of aliphatic hydroxyl groups excluding tert-OH is 1. The van der Waals surface area contributed by atoms with Crippen molar-refractivity contribution in [1.29, 1.82) is 0 Å². The van der Waals surface area contributed by atoms with Crippen LogP contribution in [0.4, 0.5) is 0 Å². The summed E-state index contributed by atoms with van der Waals surface area (Å²) in [7, 11) is 1.34. The summed E-state index contributed by atoms with van der Waals surface area (Å²) in [5, 5.41) is 18.1. The summed E-state index contributed by atoms with van der Waals surface area (Å²) in [5.74, 6) is -1.18. The van der Waals surface area contributed by atoms with Gasteiger partial charge in [0, 0.05) is 11.1 Å². The fraction of sp³-hybridized carbons (Fsp3) is 0.273. The van der Waals surface area contributed by atoms with Crippen molar-refractivity contribution in [3.8, 4) is 5.75 Å². The maximum absolute atomic E-state index is 10.7. The van der Waals surface area contributed by atoms with Crippen molar-refractivity contribution in [3.05, 3.63) is 28.8 Å². The van der Waals surface area contributed by atoms with E-state index >= 15 is 0 Å². The molecule has 0 aliphatic heterocycles. The molecule has 0 radical (unpaired) electrons. The molecule has 1 aromatic carbocycles. The summed E-state index contributed by atoms with van der Waals surface area (Å²) in [5.41, 5.74) is 1.13. The van der Waals surface area contributed by atoms with Crippen LogP contribution in [0.3, 0.4) is 0 Å². The molecule has 86 valence electrons. The third kappa shape index (κ3) is 2.20. The molecular weight excluding hydrogens is 212 g/mol. The van der Waals surface area contributed by atoms with Crippen molar-refractivity contribution in [3.63, 3.8) is 0 Å². The topological polar surface area (TPSA) is 83.8 Å². The third-order valence-electron chi connectivity index (χ3n) is 2.27. The Labute approximate surface area is 92.3 Å². The van der Waals surface area contributed by atoms with Crippen LogP contribution in [0.1, 0.15) is 27.6 Å². The summed E-state index contributed by atoms with van der Waals surface area (Å²) >= 11 is 0. The molecule has 1 unspecified atom stereocenters. The van der Waals surface area contributed by atoms with Gasteiger partial charge < -0.3 is 14.9 Å². The molecule has 0 spiro atoms. The standard InChI is InChI=1S/C11H12O5/c1-6-3-8(10(13)11(14)15)9(16-2)4-7(6)5-12/h3-5,10,13H,1-2H3,(H,14,15). The summed E-state index contributed by atoms with van der Waals surface area (Å²) in [6.07, 6.45) is -1.01. The molecule has 0 bridgehead atoms. The summed E-state index contributed by atoms with van der Waals surface area (Å²) < 4.78 is 4.93. The number of rotatable bonds is 4. The molecule has 1 aromatic rings. The van der Waals surface area contributed by atoms with Crippen molar-refractivity contribution < 1.29 is 24.5 Å². The number of aliphatic carboxylic acids is 1. The van der Waals surface area contributed by atoms with Gasteiger partial charge in [-0.25, -0.2) is 4.79 Å². The van der Waals surface area contributed by atoms with E-state index < -0.39 is 12.1 Å². The zero-order valence-electron chi connectivity index (χ0n) is 8.93. The second-order valence-corrected chi connectivity index (χ2v) is 3.31. The van der Waals surface area contributed by atoms with Gasteiger partial charge in [-0.05, 0) is 24.6 Å². The lowest BCUT2D eigenvalue weighted by Crippen LogP contribution is -2.12. The first-order chi connectivity index (χ1) is 7.51. The maximum atomic E-state index is 10.7. The molecule has 0 heterocycles. The monoisotopic (exact) mass is 224 g/mol. The molecule has 5 heteroatoms. The molecule has 1 atom stereocenters. The lowest BCUT2D eigenvalue weighted by atomic mass is 10.0. The Balaban J connectivity index is 3.33. The minimum absolute atomic E-state index is 0.137. The summed E-state index contributed by atoms with van der Waals surface area (Å²) in [4.78, 5) is 21.3. The van der Waals surface area contributed by atoms with Crippen LogP contribution in [-0.2, 0) is 4.79 Å². The number of hydrogen-bond acceptors (Lipinski definition) is 4. The van der Waals surface area contributed by atoms with E-state index in [9.17, 15) is 14.7 Å². The van der Waals surface area contributed by atoms with E-state index in [0.717, 1.165) is 0 Å². The van der Waals surface area contributed by atoms with E-state index in [0.29, 0.717) is 17.4 Å². The first-order valence-electron chi connectivity index (χ1n) is 4.55. The average Bonchev–Trinajstić information content (AvgIpc) is 2.27. The van der Waals surface area contributed by atoms with Crippen LogP contribution in [0, 0.1) is 6.92 Å². The highest BCUT2D eigenvalue weighted by atomic mass is 16.5. The quantitative estimate of drug-likeness (QED) is 0.743. The number of carbonyl (C=O) groups is 2. The second kappa shape index (κ2) is 4.76. The molecule has 0 aliphatic rings. The van der Waals surface area contributed by atoms with Crippen molar-refractivity contribution >= 4 is 12.3 Å². The van der Waals surface area contributed by atoms with Gasteiger partial charge in [0.15, 0.2) is 6.10 Å². The number of methoxy groups -OCH3 is 1. The Morgan fingerprint density at radius 3 is 2.56 bits per heavy atom. The van der Waals surface area contributed by atoms with Gasteiger partial charge in [-0.1, -0.05) is 0 Å². The highest BCUT2D eigenvalue weighted by Crippen LogP contribution is 2.28. The van der Waals surface area contributed by atoms with Gasteiger partial charge >= 0.3 is 5.97 Å². The van der Waals surface area contributed by atoms with Crippen LogP contribution < -0.4 is 4.74 Å². The van der Waals surface area contributed by atoms with E-state index in [1.807, 2.05) is 0 Å². The van der Waals surface area contributed by atoms with E-state index in [1.54, 1.807) is 6.92 Å². The molecule has 5 nitrogen and oxygen atoms in total. The smallest absolute Gasteiger partial charge is 0.337 e. The molecule has 16 heavy (non-hydrogen) atoms. The predicted octanol–water partition coefficient (Wildman–Crippen LogP) is 0.934. The van der Waals surface area contributed by atoms with E-state index in [-0.39, 0.29) is 11.3 Å². The number of carboxylic acids is 1. The van der Waals surface area contributed by atoms with Gasteiger partial charge in [0.1, 0.15) is 12.0 Å². The lowest BCUT2D eigenvalue weighted by molar-refractivity contribution is -0.147. The molecule has 0 fully saturated rings. The number of carbonyl (C=O) groups excluding carboxylic acids is 1. The van der Waals surface area contributed by atoms with Gasteiger partial charge in [0.2, 0.25) is 0 Å². The van der Waals surface area contributed by atoms with Gasteiger partial charge in [0.05, 0.1) is 7.11 Å². The van der Waals surface area contributed by atoms with E-state index in [4.69, 9.17) is 9.84 Å². The van der Waals surface area contributed by atoms with Crippen LogP contribution >= 0.6 is 0 Å². The van der Waals surface area contributed by atoms with Crippen molar-refractivity contribution in [2.45, 2.75) is 13.0 Å². The molecule has 1 rings (SSSR count). The Morgan fingerprint density at radius 1 is 1.50 bits per heavy atom. The Morgan fingerprint density at radius 2 is 2.12 bits per heavy atom. The fourth-order valence-electron chi connectivity index (χ4n) is 1.38. The molecule has 2 N–H and O–H groups in total. The fourth-order valence-corrected chi connectivity index (χ4v) is 1.38. The predicted molar refractivity (Wildman–Crippen MR) is 55.7 cm³/mol. The SMILES string of the molecule is COc1cc(C=O)c(C)cc1C(O)C(=O)O. The van der Waals surface area contributed by atoms with Gasteiger partial charge in [-0.15, -0.1) is 0 Å². The highest BCUT2D eigenvalue weighted by molar-refractivity contribution is 5.80. The first kappa shape index (κ1) is 12.2. The Bertz CT molecular complexity index is 425. The Kier molecular flexibility index (Phi) is 3.63. The van der Waals surface area contributed by atoms with Crippen LogP contribution in [0.5, 0.6) is 5.75 Å².